The zero-order valence-electron chi connectivity index (χ0n) is 12.8. The van der Waals surface area contributed by atoms with Crippen molar-refractivity contribution in [3.63, 3.8) is 0 Å². The Bertz CT molecular complexity index is 424. The van der Waals surface area contributed by atoms with Gasteiger partial charge in [0.15, 0.2) is 5.82 Å². The Kier molecular flexibility index (Phi) is 4.38. The molecule has 1 heterocycles. The van der Waals surface area contributed by atoms with E-state index in [1.807, 2.05) is 6.92 Å². The molecule has 0 bridgehead atoms. The van der Waals surface area contributed by atoms with Crippen molar-refractivity contribution >= 4 is 11.5 Å². The van der Waals surface area contributed by atoms with Crippen LogP contribution < -0.4 is 10.6 Å². The summed E-state index contributed by atoms with van der Waals surface area (Å²) in [6.45, 7) is 7.49. The molecule has 0 aromatic carbocycles. The van der Waals surface area contributed by atoms with Crippen molar-refractivity contribution in [2.45, 2.75) is 65.5 Å². The molecule has 2 N–H and O–H groups in total. The van der Waals surface area contributed by atoms with Gasteiger partial charge in [0.2, 0.25) is 0 Å². The van der Waals surface area contributed by atoms with Crippen molar-refractivity contribution in [1.82, 2.24) is 9.78 Å². The fraction of sp³-hybridized carbons (Fsp3) is 0.800. The van der Waals surface area contributed by atoms with Crippen LogP contribution in [-0.2, 0) is 6.54 Å². The van der Waals surface area contributed by atoms with Gasteiger partial charge < -0.3 is 10.6 Å². The van der Waals surface area contributed by atoms with Crippen LogP contribution in [-0.4, -0.2) is 22.9 Å². The highest BCUT2D eigenvalue weighted by atomic mass is 15.4. The summed E-state index contributed by atoms with van der Waals surface area (Å²) in [6, 6.07) is 0.600. The van der Waals surface area contributed by atoms with E-state index < -0.39 is 0 Å². The SMILES string of the molecule is CCCn1nc(C)c(N)c1N(C)C1CCCCC1C. The first-order valence-corrected chi connectivity index (χ1v) is 7.62. The summed E-state index contributed by atoms with van der Waals surface area (Å²) < 4.78 is 2.09. The maximum atomic E-state index is 6.26. The quantitative estimate of drug-likeness (QED) is 0.908. The molecule has 2 atom stereocenters. The van der Waals surface area contributed by atoms with Gasteiger partial charge in [0.1, 0.15) is 0 Å². The zero-order chi connectivity index (χ0) is 14.0. The zero-order valence-corrected chi connectivity index (χ0v) is 12.8. The maximum Gasteiger partial charge on any atom is 0.150 e. The normalized spacial score (nSPS) is 23.6. The van der Waals surface area contributed by atoms with Crippen molar-refractivity contribution in [1.29, 1.82) is 0 Å². The van der Waals surface area contributed by atoms with Gasteiger partial charge in [-0.15, -0.1) is 0 Å². The molecule has 1 saturated carbocycles. The van der Waals surface area contributed by atoms with Gasteiger partial charge in [0.25, 0.3) is 0 Å². The third kappa shape index (κ3) is 2.72. The van der Waals surface area contributed by atoms with Crippen LogP contribution in [0.2, 0.25) is 0 Å². The molecule has 4 heteroatoms. The standard InChI is InChI=1S/C15H28N4/c1-5-10-19-15(14(16)12(3)17-19)18(4)13-9-7-6-8-11(13)2/h11,13H,5-10,16H2,1-4H3. The van der Waals surface area contributed by atoms with Crippen LogP contribution in [0.3, 0.4) is 0 Å². The van der Waals surface area contributed by atoms with Crippen LogP contribution in [0.5, 0.6) is 0 Å². The van der Waals surface area contributed by atoms with Crippen molar-refractivity contribution in [2.24, 2.45) is 5.92 Å². The monoisotopic (exact) mass is 264 g/mol. The fourth-order valence-corrected chi connectivity index (χ4v) is 3.35. The first-order chi connectivity index (χ1) is 9.06. The smallest absolute Gasteiger partial charge is 0.150 e. The van der Waals surface area contributed by atoms with Crippen molar-refractivity contribution in [2.75, 3.05) is 17.7 Å². The molecule has 0 spiro atoms. The highest BCUT2D eigenvalue weighted by Gasteiger charge is 2.28. The van der Waals surface area contributed by atoms with Crippen LogP contribution >= 0.6 is 0 Å². The molecule has 0 radical (unpaired) electrons. The van der Waals surface area contributed by atoms with Crippen LogP contribution in [0.1, 0.15) is 51.6 Å². The van der Waals surface area contributed by atoms with Crippen LogP contribution in [0.15, 0.2) is 0 Å². The number of nitrogens with zero attached hydrogens (tertiary/aromatic N) is 3. The lowest BCUT2D eigenvalue weighted by Gasteiger charge is -2.37. The first-order valence-electron chi connectivity index (χ1n) is 7.62. The number of hydrogen-bond acceptors (Lipinski definition) is 3. The minimum Gasteiger partial charge on any atom is -0.394 e. The minimum absolute atomic E-state index is 0.600. The number of aryl methyl sites for hydroxylation is 2. The number of hydrogen-bond donors (Lipinski definition) is 1. The maximum absolute atomic E-state index is 6.26. The molecule has 0 aliphatic heterocycles. The molecule has 1 aliphatic carbocycles. The lowest BCUT2D eigenvalue weighted by Crippen LogP contribution is -2.40. The highest BCUT2D eigenvalue weighted by molar-refractivity contribution is 5.66. The highest BCUT2D eigenvalue weighted by Crippen LogP contribution is 2.34. The third-order valence-corrected chi connectivity index (χ3v) is 4.48. The summed E-state index contributed by atoms with van der Waals surface area (Å²) in [5.74, 6) is 1.86. The summed E-state index contributed by atoms with van der Waals surface area (Å²) >= 11 is 0. The van der Waals surface area contributed by atoms with Crippen LogP contribution in [0.25, 0.3) is 0 Å². The molecule has 108 valence electrons. The second kappa shape index (κ2) is 5.85. The van der Waals surface area contributed by atoms with Gasteiger partial charge in [-0.3, -0.25) is 0 Å². The Labute approximate surface area is 117 Å². The van der Waals surface area contributed by atoms with E-state index in [4.69, 9.17) is 5.73 Å². The predicted molar refractivity (Wildman–Crippen MR) is 81.5 cm³/mol. The Balaban J connectivity index is 2.28. The van der Waals surface area contributed by atoms with Gasteiger partial charge in [-0.1, -0.05) is 26.7 Å². The summed E-state index contributed by atoms with van der Waals surface area (Å²) in [5, 5.41) is 4.59. The number of nitrogens with two attached hydrogens (primary N) is 1. The number of anilines is 2. The summed E-state index contributed by atoms with van der Waals surface area (Å²) in [6.07, 6.45) is 6.39. The molecule has 1 fully saturated rings. The Hall–Kier alpha value is -1.19. The second-order valence-electron chi connectivity index (χ2n) is 5.99. The average molecular weight is 264 g/mol. The molecule has 0 amide bonds. The van der Waals surface area contributed by atoms with Crippen molar-refractivity contribution < 1.29 is 0 Å². The largest absolute Gasteiger partial charge is 0.394 e. The first kappa shape index (κ1) is 14.2. The molecular formula is C15H28N4. The lowest BCUT2D eigenvalue weighted by molar-refractivity contribution is 0.318. The molecular weight excluding hydrogens is 236 g/mol. The number of nitrogen functional groups attached to an aromatic ring is 1. The van der Waals surface area contributed by atoms with Crippen molar-refractivity contribution in [3.8, 4) is 0 Å². The van der Waals surface area contributed by atoms with E-state index in [1.54, 1.807) is 0 Å². The molecule has 19 heavy (non-hydrogen) atoms. The van der Waals surface area contributed by atoms with E-state index >= 15 is 0 Å². The molecule has 4 nitrogen and oxygen atoms in total. The van der Waals surface area contributed by atoms with E-state index in [0.29, 0.717) is 6.04 Å². The molecule has 1 aromatic rings. The van der Waals surface area contributed by atoms with E-state index in [1.165, 1.54) is 25.7 Å². The molecule has 2 unspecified atom stereocenters. The van der Waals surface area contributed by atoms with Gasteiger partial charge in [-0.25, -0.2) is 4.68 Å². The predicted octanol–water partition coefficient (Wildman–Crippen LogP) is 3.20. The van der Waals surface area contributed by atoms with Crippen LogP contribution in [0, 0.1) is 12.8 Å². The third-order valence-electron chi connectivity index (χ3n) is 4.48. The Morgan fingerprint density at radius 3 is 2.68 bits per heavy atom. The topological polar surface area (TPSA) is 47.1 Å². The lowest BCUT2D eigenvalue weighted by atomic mass is 9.85. The summed E-state index contributed by atoms with van der Waals surface area (Å²) in [4.78, 5) is 2.38. The van der Waals surface area contributed by atoms with E-state index in [9.17, 15) is 0 Å². The van der Waals surface area contributed by atoms with Gasteiger partial charge in [0, 0.05) is 19.6 Å². The summed E-state index contributed by atoms with van der Waals surface area (Å²) in [7, 11) is 2.19. The number of aromatic nitrogens is 2. The van der Waals surface area contributed by atoms with Gasteiger partial charge in [-0.2, -0.15) is 5.10 Å². The molecule has 1 aliphatic rings. The van der Waals surface area contributed by atoms with Gasteiger partial charge in [-0.05, 0) is 32.1 Å². The second-order valence-corrected chi connectivity index (χ2v) is 5.99. The van der Waals surface area contributed by atoms with Gasteiger partial charge >= 0.3 is 0 Å². The number of rotatable bonds is 4. The van der Waals surface area contributed by atoms with E-state index in [2.05, 4.69) is 35.6 Å². The molecule has 2 rings (SSSR count). The minimum atomic E-state index is 0.600. The van der Waals surface area contributed by atoms with Crippen molar-refractivity contribution in [3.05, 3.63) is 5.69 Å². The van der Waals surface area contributed by atoms with Gasteiger partial charge in [0.05, 0.1) is 11.4 Å². The summed E-state index contributed by atoms with van der Waals surface area (Å²) in [5.41, 5.74) is 8.07. The van der Waals surface area contributed by atoms with E-state index in [-0.39, 0.29) is 0 Å². The molecule has 1 aromatic heterocycles. The molecule has 0 saturated heterocycles. The Morgan fingerprint density at radius 2 is 2.05 bits per heavy atom. The Morgan fingerprint density at radius 1 is 1.37 bits per heavy atom. The average Bonchev–Trinajstić information content (AvgIpc) is 2.65. The van der Waals surface area contributed by atoms with Crippen LogP contribution in [0.4, 0.5) is 11.5 Å². The fourth-order valence-electron chi connectivity index (χ4n) is 3.35. The van der Waals surface area contributed by atoms with E-state index in [0.717, 1.165) is 36.1 Å².